The largest absolute Gasteiger partial charge is 0.383 e. The molecule has 1 saturated heterocycles. The smallest absolute Gasteiger partial charge is 0.0642 e. The molecule has 1 unspecified atom stereocenters. The fraction of sp³-hybridized carbons (Fsp3) is 0.571. The summed E-state index contributed by atoms with van der Waals surface area (Å²) in [6, 6.07) is 8.78. The molecule has 0 radical (unpaired) electrons. The van der Waals surface area contributed by atoms with Crippen LogP contribution in [0, 0.1) is 0 Å². The van der Waals surface area contributed by atoms with Gasteiger partial charge in [0.1, 0.15) is 0 Å². The summed E-state index contributed by atoms with van der Waals surface area (Å²) < 4.78 is 5.35. The Hall–Kier alpha value is -1.26. The Bertz CT molecular complexity index is 347. The first kappa shape index (κ1) is 13.2. The molecule has 0 aromatic heterocycles. The van der Waals surface area contributed by atoms with Crippen LogP contribution in [0.1, 0.15) is 13.3 Å². The summed E-state index contributed by atoms with van der Waals surface area (Å²) in [6.07, 6.45) is 0.999. The zero-order chi connectivity index (χ0) is 12.8. The molecule has 1 fully saturated rings. The number of hydrogen-bond donors (Lipinski definition) is 2. The fourth-order valence-electron chi connectivity index (χ4n) is 2.00. The topological polar surface area (TPSA) is 50.5 Å². The maximum atomic E-state index is 5.88. The summed E-state index contributed by atoms with van der Waals surface area (Å²) >= 11 is 0. The van der Waals surface area contributed by atoms with Crippen LogP contribution in [0.2, 0.25) is 0 Å². The van der Waals surface area contributed by atoms with Gasteiger partial charge in [0.2, 0.25) is 0 Å². The number of anilines is 2. The Morgan fingerprint density at radius 1 is 1.28 bits per heavy atom. The van der Waals surface area contributed by atoms with Crippen molar-refractivity contribution in [1.29, 1.82) is 0 Å². The highest BCUT2D eigenvalue weighted by Gasteiger charge is 2.10. The average molecular weight is 249 g/mol. The van der Waals surface area contributed by atoms with Crippen molar-refractivity contribution in [2.75, 3.05) is 43.1 Å². The fourth-order valence-corrected chi connectivity index (χ4v) is 2.00. The lowest BCUT2D eigenvalue weighted by Crippen LogP contribution is -2.36. The van der Waals surface area contributed by atoms with E-state index in [2.05, 4.69) is 41.4 Å². The molecule has 1 atom stereocenters. The van der Waals surface area contributed by atoms with Crippen molar-refractivity contribution in [3.8, 4) is 0 Å². The molecular weight excluding hydrogens is 226 g/mol. The molecule has 0 spiro atoms. The molecule has 2 rings (SSSR count). The van der Waals surface area contributed by atoms with Gasteiger partial charge in [-0.1, -0.05) is 6.92 Å². The summed E-state index contributed by atoms with van der Waals surface area (Å²) in [5, 5.41) is 3.36. The second-order valence-corrected chi connectivity index (χ2v) is 4.70. The lowest BCUT2D eigenvalue weighted by Gasteiger charge is -2.29. The van der Waals surface area contributed by atoms with E-state index in [0.29, 0.717) is 0 Å². The monoisotopic (exact) mass is 249 g/mol. The van der Waals surface area contributed by atoms with Crippen molar-refractivity contribution in [2.45, 2.75) is 19.4 Å². The van der Waals surface area contributed by atoms with Gasteiger partial charge in [-0.25, -0.2) is 0 Å². The molecule has 4 heteroatoms. The standard InChI is InChI=1S/C14H23N3O/c1-2-12(15)11-16-13-3-5-14(6-4-13)17-7-9-18-10-8-17/h3-6,12,16H,2,7-11,15H2,1H3. The predicted octanol–water partition coefficient (Wildman–Crippen LogP) is 1.67. The summed E-state index contributed by atoms with van der Waals surface area (Å²) in [5.74, 6) is 0. The van der Waals surface area contributed by atoms with E-state index in [9.17, 15) is 0 Å². The molecule has 1 heterocycles. The summed E-state index contributed by atoms with van der Waals surface area (Å²) in [6.45, 7) is 6.54. The maximum Gasteiger partial charge on any atom is 0.0642 e. The average Bonchev–Trinajstić information content (AvgIpc) is 2.46. The molecule has 1 aliphatic heterocycles. The van der Waals surface area contributed by atoms with Crippen LogP contribution < -0.4 is 16.0 Å². The summed E-state index contributed by atoms with van der Waals surface area (Å²) in [7, 11) is 0. The third-order valence-electron chi connectivity index (χ3n) is 3.34. The van der Waals surface area contributed by atoms with E-state index in [1.165, 1.54) is 5.69 Å². The van der Waals surface area contributed by atoms with Gasteiger partial charge in [-0.2, -0.15) is 0 Å². The van der Waals surface area contributed by atoms with Gasteiger partial charge in [-0.15, -0.1) is 0 Å². The van der Waals surface area contributed by atoms with Gasteiger partial charge < -0.3 is 20.7 Å². The molecule has 100 valence electrons. The van der Waals surface area contributed by atoms with Crippen molar-refractivity contribution in [3.63, 3.8) is 0 Å². The van der Waals surface area contributed by atoms with Crippen LogP contribution in [0.5, 0.6) is 0 Å². The van der Waals surface area contributed by atoms with E-state index in [1.54, 1.807) is 0 Å². The second-order valence-electron chi connectivity index (χ2n) is 4.70. The lowest BCUT2D eigenvalue weighted by molar-refractivity contribution is 0.122. The van der Waals surface area contributed by atoms with Crippen LogP contribution in [0.3, 0.4) is 0 Å². The van der Waals surface area contributed by atoms with Crippen molar-refractivity contribution >= 4 is 11.4 Å². The van der Waals surface area contributed by atoms with Gasteiger partial charge in [0.25, 0.3) is 0 Å². The number of morpholine rings is 1. The number of nitrogens with one attached hydrogen (secondary N) is 1. The molecule has 1 aromatic rings. The third kappa shape index (κ3) is 3.62. The maximum absolute atomic E-state index is 5.88. The van der Waals surface area contributed by atoms with Crippen LogP contribution in [0.25, 0.3) is 0 Å². The first-order valence-electron chi connectivity index (χ1n) is 6.72. The van der Waals surface area contributed by atoms with Crippen LogP contribution >= 0.6 is 0 Å². The van der Waals surface area contributed by atoms with Crippen LogP contribution in [0.4, 0.5) is 11.4 Å². The van der Waals surface area contributed by atoms with Crippen molar-refractivity contribution in [3.05, 3.63) is 24.3 Å². The van der Waals surface area contributed by atoms with Crippen LogP contribution in [0.15, 0.2) is 24.3 Å². The first-order chi connectivity index (χ1) is 8.79. The van der Waals surface area contributed by atoms with Gasteiger partial charge in [0.05, 0.1) is 13.2 Å². The van der Waals surface area contributed by atoms with E-state index < -0.39 is 0 Å². The Kier molecular flexibility index (Phi) is 4.84. The highest BCUT2D eigenvalue weighted by atomic mass is 16.5. The minimum absolute atomic E-state index is 0.226. The van der Waals surface area contributed by atoms with Crippen molar-refractivity contribution in [1.82, 2.24) is 0 Å². The molecule has 4 nitrogen and oxygen atoms in total. The molecule has 0 saturated carbocycles. The quantitative estimate of drug-likeness (QED) is 0.833. The van der Waals surface area contributed by atoms with E-state index in [0.717, 1.165) is 45.0 Å². The number of benzene rings is 1. The minimum Gasteiger partial charge on any atom is -0.383 e. The molecule has 1 aliphatic rings. The lowest BCUT2D eigenvalue weighted by atomic mass is 10.2. The van der Waals surface area contributed by atoms with Gasteiger partial charge >= 0.3 is 0 Å². The van der Waals surface area contributed by atoms with Gasteiger partial charge in [0.15, 0.2) is 0 Å². The zero-order valence-corrected chi connectivity index (χ0v) is 11.1. The Labute approximate surface area is 109 Å². The summed E-state index contributed by atoms with van der Waals surface area (Å²) in [5.41, 5.74) is 8.29. The van der Waals surface area contributed by atoms with E-state index >= 15 is 0 Å². The highest BCUT2D eigenvalue weighted by Crippen LogP contribution is 2.18. The second kappa shape index (κ2) is 6.61. The van der Waals surface area contributed by atoms with E-state index in [1.807, 2.05) is 0 Å². The zero-order valence-electron chi connectivity index (χ0n) is 11.1. The number of nitrogens with zero attached hydrogens (tertiary/aromatic N) is 1. The number of ether oxygens (including phenoxy) is 1. The molecule has 0 bridgehead atoms. The normalized spacial score (nSPS) is 17.6. The first-order valence-corrected chi connectivity index (χ1v) is 6.72. The highest BCUT2D eigenvalue weighted by molar-refractivity contribution is 5.55. The SMILES string of the molecule is CCC(N)CNc1ccc(N2CCOCC2)cc1. The molecule has 1 aromatic carbocycles. The van der Waals surface area contributed by atoms with E-state index in [4.69, 9.17) is 10.5 Å². The molecule has 18 heavy (non-hydrogen) atoms. The van der Waals surface area contributed by atoms with Gasteiger partial charge in [0, 0.05) is 37.1 Å². The Morgan fingerprint density at radius 2 is 1.94 bits per heavy atom. The van der Waals surface area contributed by atoms with E-state index in [-0.39, 0.29) is 6.04 Å². The molecule has 0 amide bonds. The van der Waals surface area contributed by atoms with Crippen molar-refractivity contribution in [2.24, 2.45) is 5.73 Å². The predicted molar refractivity (Wildman–Crippen MR) is 76.2 cm³/mol. The minimum atomic E-state index is 0.226. The third-order valence-corrected chi connectivity index (χ3v) is 3.34. The number of hydrogen-bond acceptors (Lipinski definition) is 4. The molecule has 0 aliphatic carbocycles. The van der Waals surface area contributed by atoms with Gasteiger partial charge in [-0.3, -0.25) is 0 Å². The van der Waals surface area contributed by atoms with Crippen LogP contribution in [-0.4, -0.2) is 38.9 Å². The number of nitrogens with two attached hydrogens (primary N) is 1. The Balaban J connectivity index is 1.88. The Morgan fingerprint density at radius 3 is 2.56 bits per heavy atom. The summed E-state index contributed by atoms with van der Waals surface area (Å²) in [4.78, 5) is 2.35. The molecular formula is C14H23N3O. The van der Waals surface area contributed by atoms with Crippen LogP contribution in [-0.2, 0) is 4.74 Å². The van der Waals surface area contributed by atoms with Gasteiger partial charge in [-0.05, 0) is 30.7 Å². The molecule has 3 N–H and O–H groups in total. The van der Waals surface area contributed by atoms with Crippen molar-refractivity contribution < 1.29 is 4.74 Å². The number of rotatable bonds is 5.